The van der Waals surface area contributed by atoms with Crippen molar-refractivity contribution in [2.75, 3.05) is 20.2 Å². The number of benzene rings is 1. The van der Waals surface area contributed by atoms with Gasteiger partial charge in [0.1, 0.15) is 5.75 Å². The Bertz CT molecular complexity index is 431. The van der Waals surface area contributed by atoms with Crippen molar-refractivity contribution in [2.45, 2.75) is 50.7 Å². The van der Waals surface area contributed by atoms with Gasteiger partial charge in [-0.2, -0.15) is 0 Å². The van der Waals surface area contributed by atoms with Crippen molar-refractivity contribution < 1.29 is 4.74 Å². The number of hydrogen-bond donors (Lipinski definition) is 1. The van der Waals surface area contributed by atoms with E-state index in [1.807, 2.05) is 0 Å². The molecule has 0 aromatic heterocycles. The second-order valence-corrected chi connectivity index (χ2v) is 6.12. The van der Waals surface area contributed by atoms with Crippen molar-refractivity contribution in [1.29, 1.82) is 0 Å². The van der Waals surface area contributed by atoms with E-state index in [0.717, 1.165) is 11.8 Å². The highest BCUT2D eigenvalue weighted by atomic mass is 16.5. The Kier molecular flexibility index (Phi) is 4.27. The Morgan fingerprint density at radius 2 is 1.95 bits per heavy atom. The van der Waals surface area contributed by atoms with Crippen LogP contribution >= 0.6 is 0 Å². The number of methoxy groups -OCH3 is 1. The molecule has 2 heterocycles. The molecule has 3 heteroatoms. The van der Waals surface area contributed by atoms with Gasteiger partial charge in [0.25, 0.3) is 0 Å². The van der Waals surface area contributed by atoms with Gasteiger partial charge in [-0.3, -0.25) is 4.90 Å². The van der Waals surface area contributed by atoms with Crippen LogP contribution in [0, 0.1) is 0 Å². The zero-order chi connectivity index (χ0) is 13.9. The molecular weight excluding hydrogens is 248 g/mol. The van der Waals surface area contributed by atoms with Crippen LogP contribution in [0.1, 0.15) is 44.2 Å². The molecular formula is C17H26N2O. The van der Waals surface area contributed by atoms with Gasteiger partial charge in [0.2, 0.25) is 0 Å². The molecule has 2 fully saturated rings. The Hall–Kier alpha value is -1.06. The topological polar surface area (TPSA) is 24.5 Å². The average molecular weight is 274 g/mol. The van der Waals surface area contributed by atoms with E-state index < -0.39 is 0 Å². The van der Waals surface area contributed by atoms with Gasteiger partial charge in [-0.25, -0.2) is 0 Å². The zero-order valence-electron chi connectivity index (χ0n) is 12.6. The van der Waals surface area contributed by atoms with Crippen LogP contribution in [0.15, 0.2) is 24.3 Å². The molecule has 0 aliphatic carbocycles. The summed E-state index contributed by atoms with van der Waals surface area (Å²) < 4.78 is 5.26. The first kappa shape index (κ1) is 13.9. The second-order valence-electron chi connectivity index (χ2n) is 6.12. The smallest absolute Gasteiger partial charge is 0.118 e. The summed E-state index contributed by atoms with van der Waals surface area (Å²) in [6.07, 6.45) is 5.19. The second kappa shape index (κ2) is 6.15. The molecule has 1 aromatic rings. The summed E-state index contributed by atoms with van der Waals surface area (Å²) in [5, 5.41) is 3.77. The number of ether oxygens (including phenoxy) is 1. The predicted octanol–water partition coefficient (Wildman–Crippen LogP) is 2.97. The molecule has 1 aromatic carbocycles. The minimum atomic E-state index is 0.544. The van der Waals surface area contributed by atoms with E-state index in [1.54, 1.807) is 7.11 Å². The van der Waals surface area contributed by atoms with Crippen molar-refractivity contribution >= 4 is 0 Å². The van der Waals surface area contributed by atoms with E-state index in [0.29, 0.717) is 12.1 Å². The summed E-state index contributed by atoms with van der Waals surface area (Å²) in [6.45, 7) is 4.71. The normalized spacial score (nSPS) is 28.1. The number of nitrogens with zero attached hydrogens (tertiary/aromatic N) is 1. The fourth-order valence-corrected chi connectivity index (χ4v) is 3.78. The molecule has 0 spiro atoms. The molecule has 3 atom stereocenters. The van der Waals surface area contributed by atoms with E-state index >= 15 is 0 Å². The molecule has 1 N–H and O–H groups in total. The monoisotopic (exact) mass is 274 g/mol. The summed E-state index contributed by atoms with van der Waals surface area (Å²) in [6, 6.07) is 10.6. The first-order valence-corrected chi connectivity index (χ1v) is 7.94. The lowest BCUT2D eigenvalue weighted by Crippen LogP contribution is -2.37. The lowest BCUT2D eigenvalue weighted by Gasteiger charge is -2.32. The first-order valence-electron chi connectivity index (χ1n) is 7.94. The maximum absolute atomic E-state index is 5.26. The van der Waals surface area contributed by atoms with E-state index in [2.05, 4.69) is 41.4 Å². The van der Waals surface area contributed by atoms with Gasteiger partial charge >= 0.3 is 0 Å². The van der Waals surface area contributed by atoms with Crippen LogP contribution < -0.4 is 10.1 Å². The fraction of sp³-hybridized carbons (Fsp3) is 0.647. The number of hydrogen-bond acceptors (Lipinski definition) is 3. The van der Waals surface area contributed by atoms with E-state index in [4.69, 9.17) is 4.74 Å². The number of rotatable bonds is 4. The summed E-state index contributed by atoms with van der Waals surface area (Å²) in [7, 11) is 1.73. The van der Waals surface area contributed by atoms with Crippen LogP contribution in [0.3, 0.4) is 0 Å². The molecule has 20 heavy (non-hydrogen) atoms. The highest BCUT2D eigenvalue weighted by Crippen LogP contribution is 2.30. The van der Waals surface area contributed by atoms with Gasteiger partial charge in [-0.15, -0.1) is 0 Å². The number of likely N-dealkylation sites (tertiary alicyclic amines) is 1. The van der Waals surface area contributed by atoms with Crippen molar-refractivity contribution in [3.05, 3.63) is 29.8 Å². The molecule has 2 bridgehead atoms. The minimum absolute atomic E-state index is 0.544. The van der Waals surface area contributed by atoms with Crippen LogP contribution in [0.5, 0.6) is 5.75 Å². The fourth-order valence-electron chi connectivity index (χ4n) is 3.78. The number of nitrogens with one attached hydrogen (secondary N) is 1. The molecule has 3 nitrogen and oxygen atoms in total. The Labute approximate surface area is 122 Å². The predicted molar refractivity (Wildman–Crippen MR) is 82.2 cm³/mol. The third-order valence-corrected chi connectivity index (χ3v) is 4.88. The third kappa shape index (κ3) is 2.84. The SMILES string of the molecule is CCC(c1ccc(OC)cc1)N1CCC2CCC(C1)N2. The first-order chi connectivity index (χ1) is 9.80. The maximum atomic E-state index is 5.26. The molecule has 110 valence electrons. The molecule has 0 amide bonds. The lowest BCUT2D eigenvalue weighted by atomic mass is 10.00. The molecule has 2 saturated heterocycles. The summed E-state index contributed by atoms with van der Waals surface area (Å²) in [5.74, 6) is 0.945. The van der Waals surface area contributed by atoms with E-state index in [9.17, 15) is 0 Å². The lowest BCUT2D eigenvalue weighted by molar-refractivity contribution is 0.182. The largest absolute Gasteiger partial charge is 0.497 e. The molecule has 3 rings (SSSR count). The Morgan fingerprint density at radius 3 is 2.65 bits per heavy atom. The minimum Gasteiger partial charge on any atom is -0.497 e. The van der Waals surface area contributed by atoms with Crippen LogP contribution in [0.25, 0.3) is 0 Å². The summed E-state index contributed by atoms with van der Waals surface area (Å²) in [4.78, 5) is 2.68. The average Bonchev–Trinajstić information content (AvgIpc) is 2.82. The quantitative estimate of drug-likeness (QED) is 0.913. The van der Waals surface area contributed by atoms with Crippen LogP contribution in [-0.4, -0.2) is 37.2 Å². The van der Waals surface area contributed by atoms with Crippen molar-refractivity contribution in [2.24, 2.45) is 0 Å². The van der Waals surface area contributed by atoms with Crippen LogP contribution in [0.4, 0.5) is 0 Å². The van der Waals surface area contributed by atoms with Gasteiger partial charge in [0.15, 0.2) is 0 Å². The van der Waals surface area contributed by atoms with Gasteiger partial charge in [-0.05, 0) is 43.4 Å². The molecule has 3 unspecified atom stereocenters. The van der Waals surface area contributed by atoms with Gasteiger partial charge in [-0.1, -0.05) is 19.1 Å². The Morgan fingerprint density at radius 1 is 1.20 bits per heavy atom. The standard InChI is InChI=1S/C17H26N2O/c1-3-17(13-4-8-16(20-2)9-5-13)19-11-10-14-6-7-15(12-19)18-14/h4-5,8-9,14-15,17-18H,3,6-7,10-12H2,1-2H3. The number of fused-ring (bicyclic) bond motifs is 2. The van der Waals surface area contributed by atoms with Gasteiger partial charge in [0.05, 0.1) is 7.11 Å². The molecule has 2 aliphatic rings. The highest BCUT2D eigenvalue weighted by Gasteiger charge is 2.31. The zero-order valence-corrected chi connectivity index (χ0v) is 12.6. The van der Waals surface area contributed by atoms with Crippen molar-refractivity contribution in [3.63, 3.8) is 0 Å². The highest BCUT2D eigenvalue weighted by molar-refractivity contribution is 5.29. The van der Waals surface area contributed by atoms with Gasteiger partial charge < -0.3 is 10.1 Å². The van der Waals surface area contributed by atoms with Crippen molar-refractivity contribution in [3.8, 4) is 5.75 Å². The molecule has 0 saturated carbocycles. The van der Waals surface area contributed by atoms with E-state index in [1.165, 1.54) is 44.3 Å². The Balaban J connectivity index is 1.74. The third-order valence-electron chi connectivity index (χ3n) is 4.88. The molecule has 2 aliphatic heterocycles. The molecule has 0 radical (unpaired) electrons. The van der Waals surface area contributed by atoms with E-state index in [-0.39, 0.29) is 0 Å². The summed E-state index contributed by atoms with van der Waals surface area (Å²) in [5.41, 5.74) is 1.42. The van der Waals surface area contributed by atoms with Gasteiger partial charge in [0, 0.05) is 31.2 Å². The summed E-state index contributed by atoms with van der Waals surface area (Å²) >= 11 is 0. The maximum Gasteiger partial charge on any atom is 0.118 e. The van der Waals surface area contributed by atoms with Crippen LogP contribution in [-0.2, 0) is 0 Å². The van der Waals surface area contributed by atoms with Crippen molar-refractivity contribution in [1.82, 2.24) is 10.2 Å². The van der Waals surface area contributed by atoms with Crippen LogP contribution in [0.2, 0.25) is 0 Å².